The first-order valence-electron chi connectivity index (χ1n) is 4.47. The van der Waals surface area contributed by atoms with Crippen molar-refractivity contribution in [1.29, 1.82) is 0 Å². The molecule has 1 aliphatic rings. The molecule has 0 bridgehead atoms. The van der Waals surface area contributed by atoms with Gasteiger partial charge in [-0.15, -0.1) is 0 Å². The van der Waals surface area contributed by atoms with Gasteiger partial charge < -0.3 is 5.73 Å². The fourth-order valence-electron chi connectivity index (χ4n) is 1.69. The van der Waals surface area contributed by atoms with Crippen LogP contribution in [0.1, 0.15) is 24.8 Å². The topological polar surface area (TPSA) is 26.0 Å². The van der Waals surface area contributed by atoms with E-state index in [0.717, 1.165) is 24.8 Å². The Bertz CT molecular complexity index is 351. The van der Waals surface area contributed by atoms with Crippen LogP contribution in [0.15, 0.2) is 12.1 Å². The van der Waals surface area contributed by atoms with E-state index in [9.17, 15) is 4.39 Å². The molecule has 14 heavy (non-hydrogen) atoms. The summed E-state index contributed by atoms with van der Waals surface area (Å²) in [6, 6.07) is 3.14. The van der Waals surface area contributed by atoms with Gasteiger partial charge in [-0.3, -0.25) is 0 Å². The molecule has 0 unspecified atom stereocenters. The highest BCUT2D eigenvalue weighted by Crippen LogP contribution is 2.41. The number of benzene rings is 1. The molecule has 0 heterocycles. The van der Waals surface area contributed by atoms with E-state index in [-0.39, 0.29) is 15.6 Å². The third-order valence-corrected chi connectivity index (χ3v) is 3.35. The van der Waals surface area contributed by atoms with Crippen LogP contribution in [0.5, 0.6) is 0 Å². The summed E-state index contributed by atoms with van der Waals surface area (Å²) in [5, 5.41) is 0.0912. The summed E-state index contributed by atoms with van der Waals surface area (Å²) in [4.78, 5) is 0. The average molecular weight is 234 g/mol. The lowest BCUT2D eigenvalue weighted by molar-refractivity contribution is 0.253. The minimum absolute atomic E-state index is 0.0456. The number of nitrogens with two attached hydrogens (primary N) is 1. The van der Waals surface area contributed by atoms with Crippen LogP contribution < -0.4 is 5.73 Å². The maximum absolute atomic E-state index is 13.1. The molecule has 0 radical (unpaired) electrons. The van der Waals surface area contributed by atoms with Crippen molar-refractivity contribution >= 4 is 23.2 Å². The van der Waals surface area contributed by atoms with Crippen LogP contribution in [0.2, 0.25) is 10.0 Å². The predicted molar refractivity (Wildman–Crippen MR) is 56.1 cm³/mol. The molecule has 1 fully saturated rings. The molecule has 4 heteroatoms. The highest BCUT2D eigenvalue weighted by atomic mass is 35.5. The third kappa shape index (κ3) is 1.52. The van der Waals surface area contributed by atoms with E-state index < -0.39 is 5.82 Å². The minimum Gasteiger partial charge on any atom is -0.321 e. The standard InChI is InChI=1S/C10H10Cl2FN/c11-7-4-6(5-8(12)9(7)13)10(14)2-1-3-10/h4-5H,1-3,14H2. The first-order valence-corrected chi connectivity index (χ1v) is 5.22. The number of halogens is 3. The van der Waals surface area contributed by atoms with Gasteiger partial charge in [0.1, 0.15) is 0 Å². The van der Waals surface area contributed by atoms with Gasteiger partial charge in [0.2, 0.25) is 0 Å². The average Bonchev–Trinajstić information content (AvgIpc) is 2.09. The lowest BCUT2D eigenvalue weighted by Crippen LogP contribution is -2.43. The quantitative estimate of drug-likeness (QED) is 0.739. The molecule has 0 amide bonds. The lowest BCUT2D eigenvalue weighted by Gasteiger charge is -2.38. The number of rotatable bonds is 1. The van der Waals surface area contributed by atoms with E-state index in [0.29, 0.717) is 0 Å². The van der Waals surface area contributed by atoms with Gasteiger partial charge in [-0.25, -0.2) is 4.39 Å². The maximum atomic E-state index is 13.1. The predicted octanol–water partition coefficient (Wildman–Crippen LogP) is 3.47. The zero-order chi connectivity index (χ0) is 10.3. The van der Waals surface area contributed by atoms with Crippen molar-refractivity contribution in [3.05, 3.63) is 33.6 Å². The largest absolute Gasteiger partial charge is 0.321 e. The number of hydrogen-bond acceptors (Lipinski definition) is 1. The van der Waals surface area contributed by atoms with Crippen LogP contribution in [0.3, 0.4) is 0 Å². The summed E-state index contributed by atoms with van der Waals surface area (Å²) in [5.41, 5.74) is 6.56. The Morgan fingerprint density at radius 2 is 1.71 bits per heavy atom. The van der Waals surface area contributed by atoms with Crippen molar-refractivity contribution in [2.24, 2.45) is 5.73 Å². The molecule has 1 saturated carbocycles. The molecular formula is C10H10Cl2FN. The molecule has 0 atom stereocenters. The van der Waals surface area contributed by atoms with Crippen LogP contribution in [-0.4, -0.2) is 0 Å². The Morgan fingerprint density at radius 1 is 1.21 bits per heavy atom. The van der Waals surface area contributed by atoms with Crippen molar-refractivity contribution in [2.75, 3.05) is 0 Å². The summed E-state index contributed by atoms with van der Waals surface area (Å²) in [5.74, 6) is -0.569. The SMILES string of the molecule is NC1(c2cc(Cl)c(F)c(Cl)c2)CCC1. The lowest BCUT2D eigenvalue weighted by atomic mass is 9.73. The van der Waals surface area contributed by atoms with Crippen molar-refractivity contribution in [3.63, 3.8) is 0 Å². The summed E-state index contributed by atoms with van der Waals surface area (Å²) in [6.45, 7) is 0. The molecule has 1 aliphatic carbocycles. The van der Waals surface area contributed by atoms with E-state index in [4.69, 9.17) is 28.9 Å². The molecule has 0 saturated heterocycles. The smallest absolute Gasteiger partial charge is 0.160 e. The molecule has 0 aliphatic heterocycles. The second-order valence-electron chi connectivity index (χ2n) is 3.76. The second kappa shape index (κ2) is 3.37. The van der Waals surface area contributed by atoms with E-state index in [1.54, 1.807) is 12.1 Å². The van der Waals surface area contributed by atoms with Gasteiger partial charge in [0.05, 0.1) is 10.0 Å². The maximum Gasteiger partial charge on any atom is 0.160 e. The van der Waals surface area contributed by atoms with Crippen molar-refractivity contribution in [3.8, 4) is 0 Å². The zero-order valence-corrected chi connectivity index (χ0v) is 9.00. The Hall–Kier alpha value is -0.310. The van der Waals surface area contributed by atoms with Gasteiger partial charge in [-0.05, 0) is 37.0 Å². The van der Waals surface area contributed by atoms with Crippen molar-refractivity contribution < 1.29 is 4.39 Å². The highest BCUT2D eigenvalue weighted by Gasteiger charge is 2.35. The molecule has 1 aromatic rings. The molecule has 0 spiro atoms. The molecule has 0 aromatic heterocycles. The van der Waals surface area contributed by atoms with E-state index in [2.05, 4.69) is 0 Å². The monoisotopic (exact) mass is 233 g/mol. The Labute approximate surface area is 92.0 Å². The fourth-order valence-corrected chi connectivity index (χ4v) is 2.18. The highest BCUT2D eigenvalue weighted by molar-refractivity contribution is 6.35. The van der Waals surface area contributed by atoms with Gasteiger partial charge in [0.25, 0.3) is 0 Å². The summed E-state index contributed by atoms with van der Waals surface area (Å²) >= 11 is 11.4. The zero-order valence-electron chi connectivity index (χ0n) is 7.49. The molecule has 1 aromatic carbocycles. The Balaban J connectivity index is 2.45. The summed E-state index contributed by atoms with van der Waals surface area (Å²) in [7, 11) is 0. The van der Waals surface area contributed by atoms with Gasteiger partial charge in [0.15, 0.2) is 5.82 Å². The molecule has 2 rings (SSSR count). The van der Waals surface area contributed by atoms with Gasteiger partial charge >= 0.3 is 0 Å². The molecule has 1 nitrogen and oxygen atoms in total. The van der Waals surface area contributed by atoms with E-state index in [1.807, 2.05) is 0 Å². The molecular weight excluding hydrogens is 224 g/mol. The van der Waals surface area contributed by atoms with Crippen molar-refractivity contribution in [1.82, 2.24) is 0 Å². The van der Waals surface area contributed by atoms with Gasteiger partial charge in [-0.1, -0.05) is 23.2 Å². The first kappa shape index (κ1) is 10.2. The Kier molecular flexibility index (Phi) is 2.46. The summed E-state index contributed by atoms with van der Waals surface area (Å²) in [6.07, 6.45) is 2.92. The number of hydrogen-bond donors (Lipinski definition) is 1. The molecule has 76 valence electrons. The molecule has 2 N–H and O–H groups in total. The van der Waals surface area contributed by atoms with Crippen LogP contribution in [0.4, 0.5) is 4.39 Å². The van der Waals surface area contributed by atoms with E-state index >= 15 is 0 Å². The first-order chi connectivity index (χ1) is 6.53. The van der Waals surface area contributed by atoms with Crippen molar-refractivity contribution in [2.45, 2.75) is 24.8 Å². The second-order valence-corrected chi connectivity index (χ2v) is 4.58. The fraction of sp³-hybridized carbons (Fsp3) is 0.400. The minimum atomic E-state index is -0.569. The third-order valence-electron chi connectivity index (χ3n) is 2.80. The van der Waals surface area contributed by atoms with Crippen LogP contribution in [0, 0.1) is 5.82 Å². The van der Waals surface area contributed by atoms with Crippen LogP contribution in [0.25, 0.3) is 0 Å². The van der Waals surface area contributed by atoms with Gasteiger partial charge in [-0.2, -0.15) is 0 Å². The van der Waals surface area contributed by atoms with Crippen LogP contribution >= 0.6 is 23.2 Å². The van der Waals surface area contributed by atoms with Gasteiger partial charge in [0, 0.05) is 5.54 Å². The summed E-state index contributed by atoms with van der Waals surface area (Å²) < 4.78 is 13.1. The van der Waals surface area contributed by atoms with E-state index in [1.165, 1.54) is 0 Å². The van der Waals surface area contributed by atoms with Crippen LogP contribution in [-0.2, 0) is 5.54 Å². The normalized spacial score (nSPS) is 19.1. The Morgan fingerprint density at radius 3 is 2.07 bits per heavy atom.